The average Bonchev–Trinajstić information content (AvgIpc) is 2.30. The van der Waals surface area contributed by atoms with Gasteiger partial charge in [0.05, 0.1) is 23.1 Å². The maximum absolute atomic E-state index is 11.9. The van der Waals surface area contributed by atoms with Crippen molar-refractivity contribution in [1.29, 1.82) is 0 Å². The highest BCUT2D eigenvalue weighted by Crippen LogP contribution is 2.29. The summed E-state index contributed by atoms with van der Waals surface area (Å²) in [6, 6.07) is 4.88. The van der Waals surface area contributed by atoms with E-state index in [0.29, 0.717) is 21.3 Å². The van der Waals surface area contributed by atoms with Crippen LogP contribution in [-0.4, -0.2) is 16.6 Å². The molecule has 1 heterocycles. The Labute approximate surface area is 111 Å². The van der Waals surface area contributed by atoms with Gasteiger partial charge in [-0.25, -0.2) is 9.97 Å². The molecule has 7 heteroatoms. The van der Waals surface area contributed by atoms with Gasteiger partial charge in [0.1, 0.15) is 0 Å². The topological polar surface area (TPSA) is 35.0 Å². The van der Waals surface area contributed by atoms with Crippen LogP contribution < -0.4 is 4.74 Å². The van der Waals surface area contributed by atoms with Gasteiger partial charge in [0.2, 0.25) is 5.88 Å². The van der Waals surface area contributed by atoms with E-state index in [2.05, 4.69) is 14.7 Å². The Hall–Kier alpha value is -1.46. The smallest absolute Gasteiger partial charge is 0.388 e. The van der Waals surface area contributed by atoms with Crippen LogP contribution in [0, 0.1) is 0 Å². The molecule has 0 atom stereocenters. The molecule has 0 unspecified atom stereocenters. The molecular formula is C11H6Cl2F2N2O. The van der Waals surface area contributed by atoms with E-state index in [4.69, 9.17) is 23.2 Å². The monoisotopic (exact) mass is 290 g/mol. The molecule has 0 aliphatic rings. The van der Waals surface area contributed by atoms with Crippen LogP contribution in [0.4, 0.5) is 8.78 Å². The highest BCUT2D eigenvalue weighted by Gasteiger charge is 2.09. The van der Waals surface area contributed by atoms with Gasteiger partial charge in [0.15, 0.2) is 0 Å². The molecule has 2 rings (SSSR count). The zero-order valence-corrected chi connectivity index (χ0v) is 10.3. The van der Waals surface area contributed by atoms with Crippen molar-refractivity contribution in [2.45, 2.75) is 6.61 Å². The van der Waals surface area contributed by atoms with Crippen molar-refractivity contribution in [2.75, 3.05) is 0 Å². The molecule has 18 heavy (non-hydrogen) atoms. The zero-order valence-electron chi connectivity index (χ0n) is 8.78. The first-order chi connectivity index (χ1) is 8.56. The lowest BCUT2D eigenvalue weighted by atomic mass is 10.1. The fourth-order valence-electron chi connectivity index (χ4n) is 1.30. The predicted octanol–water partition coefficient (Wildman–Crippen LogP) is 4.05. The van der Waals surface area contributed by atoms with Crippen molar-refractivity contribution in [1.82, 2.24) is 9.97 Å². The Morgan fingerprint density at radius 3 is 2.44 bits per heavy atom. The second-order valence-corrected chi connectivity index (χ2v) is 4.09. The molecule has 0 amide bonds. The molecule has 0 bridgehead atoms. The molecule has 94 valence electrons. The minimum absolute atomic E-state index is 0.251. The highest BCUT2D eigenvalue weighted by molar-refractivity contribution is 6.36. The van der Waals surface area contributed by atoms with E-state index in [0.717, 1.165) is 6.20 Å². The second kappa shape index (κ2) is 5.46. The van der Waals surface area contributed by atoms with Gasteiger partial charge in [0.25, 0.3) is 0 Å². The molecule has 0 saturated heterocycles. The summed E-state index contributed by atoms with van der Waals surface area (Å²) in [5.74, 6) is -0.251. The third-order valence-corrected chi connectivity index (χ3v) is 2.59. The van der Waals surface area contributed by atoms with Crippen LogP contribution in [0.5, 0.6) is 5.88 Å². The van der Waals surface area contributed by atoms with E-state index in [1.165, 1.54) is 6.20 Å². The lowest BCUT2D eigenvalue weighted by Crippen LogP contribution is -2.04. The van der Waals surface area contributed by atoms with E-state index in [9.17, 15) is 8.78 Å². The van der Waals surface area contributed by atoms with Crippen molar-refractivity contribution in [3.63, 3.8) is 0 Å². The van der Waals surface area contributed by atoms with E-state index < -0.39 is 6.61 Å². The van der Waals surface area contributed by atoms with E-state index in [1.807, 2.05) is 0 Å². The first-order valence-electron chi connectivity index (χ1n) is 4.78. The Bertz CT molecular complexity index is 549. The van der Waals surface area contributed by atoms with E-state index in [1.54, 1.807) is 18.2 Å². The lowest BCUT2D eigenvalue weighted by Gasteiger charge is -2.05. The molecule has 0 spiro atoms. The highest BCUT2D eigenvalue weighted by atomic mass is 35.5. The molecule has 0 radical (unpaired) electrons. The third kappa shape index (κ3) is 3.05. The normalized spacial score (nSPS) is 10.7. The number of aromatic nitrogens is 2. The standard InChI is InChI=1S/C11H6Cl2F2N2O/c12-6-1-2-7(8(13)3-6)9-4-17-10(5-16-9)18-11(14)15/h1-5,11H. The average molecular weight is 291 g/mol. The van der Waals surface area contributed by atoms with Gasteiger partial charge >= 0.3 is 6.61 Å². The number of ether oxygens (including phenoxy) is 1. The third-order valence-electron chi connectivity index (χ3n) is 2.05. The summed E-state index contributed by atoms with van der Waals surface area (Å²) in [5.41, 5.74) is 1.05. The number of halogens is 4. The lowest BCUT2D eigenvalue weighted by molar-refractivity contribution is -0.0530. The maximum atomic E-state index is 11.9. The molecule has 0 saturated carbocycles. The molecular weight excluding hydrogens is 285 g/mol. The van der Waals surface area contributed by atoms with Crippen LogP contribution in [0.1, 0.15) is 0 Å². The first kappa shape index (κ1) is 13.0. The first-order valence-corrected chi connectivity index (χ1v) is 5.54. The fourth-order valence-corrected chi connectivity index (χ4v) is 1.81. The maximum Gasteiger partial charge on any atom is 0.388 e. The quantitative estimate of drug-likeness (QED) is 0.855. The van der Waals surface area contributed by atoms with Crippen LogP contribution >= 0.6 is 23.2 Å². The number of hydrogen-bond acceptors (Lipinski definition) is 3. The number of hydrogen-bond donors (Lipinski definition) is 0. The van der Waals surface area contributed by atoms with Crippen molar-refractivity contribution in [3.8, 4) is 17.1 Å². The summed E-state index contributed by atoms with van der Waals surface area (Å²) < 4.78 is 27.9. The zero-order chi connectivity index (χ0) is 13.1. The summed E-state index contributed by atoms with van der Waals surface area (Å²) in [6.07, 6.45) is 2.40. The minimum atomic E-state index is -2.93. The molecule has 1 aromatic heterocycles. The molecule has 0 aliphatic heterocycles. The second-order valence-electron chi connectivity index (χ2n) is 3.24. The summed E-state index contributed by atoms with van der Waals surface area (Å²) in [5, 5.41) is 0.897. The van der Waals surface area contributed by atoms with E-state index >= 15 is 0 Å². The Kier molecular flexibility index (Phi) is 3.93. The SMILES string of the molecule is FC(F)Oc1cnc(-c2ccc(Cl)cc2Cl)cn1. The Balaban J connectivity index is 2.28. The van der Waals surface area contributed by atoms with Crippen molar-refractivity contribution in [2.24, 2.45) is 0 Å². The summed E-state index contributed by atoms with van der Waals surface area (Å²) in [4.78, 5) is 7.65. The minimum Gasteiger partial charge on any atom is -0.415 e. The number of alkyl halides is 2. The molecule has 0 fully saturated rings. The summed E-state index contributed by atoms with van der Waals surface area (Å²) in [6.45, 7) is -2.93. The molecule has 1 aromatic carbocycles. The number of benzene rings is 1. The van der Waals surface area contributed by atoms with Gasteiger partial charge < -0.3 is 4.74 Å². The number of rotatable bonds is 3. The predicted molar refractivity (Wildman–Crippen MR) is 64.1 cm³/mol. The number of nitrogens with zero attached hydrogens (tertiary/aromatic N) is 2. The van der Waals surface area contributed by atoms with Crippen molar-refractivity contribution < 1.29 is 13.5 Å². The van der Waals surface area contributed by atoms with Crippen molar-refractivity contribution in [3.05, 3.63) is 40.6 Å². The van der Waals surface area contributed by atoms with Crippen LogP contribution in [0.2, 0.25) is 10.0 Å². The van der Waals surface area contributed by atoms with Gasteiger partial charge in [0, 0.05) is 10.6 Å². The van der Waals surface area contributed by atoms with Crippen molar-refractivity contribution >= 4 is 23.2 Å². The Morgan fingerprint density at radius 1 is 1.11 bits per heavy atom. The van der Waals surface area contributed by atoms with Crippen LogP contribution in [0.15, 0.2) is 30.6 Å². The molecule has 0 N–H and O–H groups in total. The van der Waals surface area contributed by atoms with Gasteiger partial charge in [-0.3, -0.25) is 0 Å². The molecule has 2 aromatic rings. The van der Waals surface area contributed by atoms with Crippen LogP contribution in [0.3, 0.4) is 0 Å². The van der Waals surface area contributed by atoms with Crippen LogP contribution in [0.25, 0.3) is 11.3 Å². The summed E-state index contributed by atoms with van der Waals surface area (Å²) >= 11 is 11.7. The fraction of sp³-hybridized carbons (Fsp3) is 0.0909. The van der Waals surface area contributed by atoms with E-state index in [-0.39, 0.29) is 5.88 Å². The molecule has 3 nitrogen and oxygen atoms in total. The molecule has 0 aliphatic carbocycles. The van der Waals surface area contributed by atoms with Gasteiger partial charge in [-0.2, -0.15) is 8.78 Å². The summed E-state index contributed by atoms with van der Waals surface area (Å²) in [7, 11) is 0. The van der Waals surface area contributed by atoms with Crippen LogP contribution in [-0.2, 0) is 0 Å². The largest absolute Gasteiger partial charge is 0.415 e. The van der Waals surface area contributed by atoms with Gasteiger partial charge in [-0.15, -0.1) is 0 Å². The Morgan fingerprint density at radius 2 is 1.89 bits per heavy atom. The van der Waals surface area contributed by atoms with Gasteiger partial charge in [-0.05, 0) is 18.2 Å². The van der Waals surface area contributed by atoms with Gasteiger partial charge in [-0.1, -0.05) is 23.2 Å².